The van der Waals surface area contributed by atoms with Crippen LogP contribution in [0.1, 0.15) is 30.1 Å². The average molecular weight is 316 g/mol. The van der Waals surface area contributed by atoms with E-state index in [1.54, 1.807) is 23.1 Å². The molecular formula is C14H15Cl2NO3. The quantitative estimate of drug-likeness (QED) is 0.910. The molecule has 6 heteroatoms. The van der Waals surface area contributed by atoms with Crippen LogP contribution in [0.25, 0.3) is 0 Å². The summed E-state index contributed by atoms with van der Waals surface area (Å²) in [5.41, 5.74) is 0.317. The minimum Gasteiger partial charge on any atom is -0.481 e. The third-order valence-corrected chi connectivity index (χ3v) is 4.49. The summed E-state index contributed by atoms with van der Waals surface area (Å²) in [4.78, 5) is 25.2. The first kappa shape index (κ1) is 15.1. The van der Waals surface area contributed by atoms with Crippen molar-refractivity contribution in [1.29, 1.82) is 0 Å². The van der Waals surface area contributed by atoms with Crippen LogP contribution in [-0.4, -0.2) is 34.5 Å². The second kappa shape index (κ2) is 6.02. The SMILES string of the molecule is CC1CCC(C(=O)O)CN1C(=O)c1cccc(Cl)c1Cl. The first-order chi connectivity index (χ1) is 9.41. The minimum absolute atomic E-state index is 0.00634. The Labute approximate surface area is 127 Å². The lowest BCUT2D eigenvalue weighted by Crippen LogP contribution is -2.47. The molecule has 1 saturated heterocycles. The molecule has 2 atom stereocenters. The number of hydrogen-bond donors (Lipinski definition) is 1. The van der Waals surface area contributed by atoms with E-state index in [4.69, 9.17) is 28.3 Å². The van der Waals surface area contributed by atoms with Crippen LogP contribution in [0.2, 0.25) is 10.0 Å². The highest BCUT2D eigenvalue weighted by molar-refractivity contribution is 6.43. The molecule has 0 aliphatic carbocycles. The zero-order chi connectivity index (χ0) is 14.9. The van der Waals surface area contributed by atoms with E-state index in [9.17, 15) is 9.59 Å². The predicted octanol–water partition coefficient (Wildman–Crippen LogP) is 3.32. The number of rotatable bonds is 2. The summed E-state index contributed by atoms with van der Waals surface area (Å²) in [7, 11) is 0. The highest BCUT2D eigenvalue weighted by atomic mass is 35.5. The number of likely N-dealkylation sites (tertiary alicyclic amines) is 1. The lowest BCUT2D eigenvalue weighted by molar-refractivity contribution is -0.143. The molecule has 1 N–H and O–H groups in total. The topological polar surface area (TPSA) is 57.6 Å². The van der Waals surface area contributed by atoms with Crippen molar-refractivity contribution in [3.05, 3.63) is 33.8 Å². The number of halogens is 2. The largest absolute Gasteiger partial charge is 0.481 e. The normalized spacial score (nSPS) is 22.6. The van der Waals surface area contributed by atoms with Crippen molar-refractivity contribution in [2.45, 2.75) is 25.8 Å². The van der Waals surface area contributed by atoms with Crippen LogP contribution in [0.4, 0.5) is 0 Å². The zero-order valence-corrected chi connectivity index (χ0v) is 12.5. The van der Waals surface area contributed by atoms with Crippen LogP contribution in [0.3, 0.4) is 0 Å². The zero-order valence-electron chi connectivity index (χ0n) is 11.0. The van der Waals surface area contributed by atoms with Crippen LogP contribution >= 0.6 is 23.2 Å². The number of benzene rings is 1. The molecule has 1 amide bonds. The first-order valence-corrected chi connectivity index (χ1v) is 7.15. The molecule has 1 aliphatic heterocycles. The van der Waals surface area contributed by atoms with Gasteiger partial charge >= 0.3 is 5.97 Å². The van der Waals surface area contributed by atoms with Crippen LogP contribution in [0.5, 0.6) is 0 Å². The molecule has 1 aromatic rings. The fourth-order valence-corrected chi connectivity index (χ4v) is 2.80. The van der Waals surface area contributed by atoms with Gasteiger partial charge in [-0.05, 0) is 31.9 Å². The summed E-state index contributed by atoms with van der Waals surface area (Å²) in [5, 5.41) is 9.64. The number of hydrogen-bond acceptors (Lipinski definition) is 2. The second-order valence-corrected chi connectivity index (χ2v) is 5.81. The molecule has 1 aliphatic rings. The van der Waals surface area contributed by atoms with Crippen molar-refractivity contribution >= 4 is 35.1 Å². The van der Waals surface area contributed by atoms with Gasteiger partial charge in [-0.1, -0.05) is 29.3 Å². The van der Waals surface area contributed by atoms with Crippen molar-refractivity contribution in [3.63, 3.8) is 0 Å². The molecular weight excluding hydrogens is 301 g/mol. The van der Waals surface area contributed by atoms with Gasteiger partial charge in [-0.2, -0.15) is 0 Å². The van der Waals surface area contributed by atoms with E-state index >= 15 is 0 Å². The Hall–Kier alpha value is -1.26. The standard InChI is InChI=1S/C14H15Cl2NO3/c1-8-5-6-9(14(19)20)7-17(8)13(18)10-3-2-4-11(15)12(10)16/h2-4,8-9H,5-7H2,1H3,(H,19,20). The Balaban J connectivity index is 2.26. The number of amides is 1. The number of carbonyl (C=O) groups is 2. The van der Waals surface area contributed by atoms with Gasteiger partial charge in [0.15, 0.2) is 0 Å². The van der Waals surface area contributed by atoms with Crippen molar-refractivity contribution in [2.24, 2.45) is 5.92 Å². The van der Waals surface area contributed by atoms with E-state index in [-0.39, 0.29) is 23.5 Å². The number of aliphatic carboxylic acids is 1. The van der Waals surface area contributed by atoms with Gasteiger partial charge in [-0.25, -0.2) is 0 Å². The first-order valence-electron chi connectivity index (χ1n) is 6.39. The molecule has 0 spiro atoms. The summed E-state index contributed by atoms with van der Waals surface area (Å²) in [6.45, 7) is 2.12. The molecule has 1 aromatic carbocycles. The molecule has 0 bridgehead atoms. The number of carboxylic acids is 1. The number of piperidine rings is 1. The van der Waals surface area contributed by atoms with Crippen LogP contribution in [-0.2, 0) is 4.79 Å². The fourth-order valence-electron chi connectivity index (χ4n) is 2.42. The van der Waals surface area contributed by atoms with E-state index in [0.717, 1.165) is 0 Å². The van der Waals surface area contributed by atoms with Gasteiger partial charge in [0.05, 0.1) is 21.5 Å². The third kappa shape index (κ3) is 2.91. The molecule has 2 rings (SSSR count). The van der Waals surface area contributed by atoms with Gasteiger partial charge in [0.2, 0.25) is 0 Å². The number of carbonyl (C=O) groups excluding carboxylic acids is 1. The third-order valence-electron chi connectivity index (χ3n) is 3.67. The summed E-state index contributed by atoms with van der Waals surface area (Å²) in [6.07, 6.45) is 1.25. The molecule has 108 valence electrons. The monoisotopic (exact) mass is 315 g/mol. The second-order valence-electron chi connectivity index (χ2n) is 5.02. The predicted molar refractivity (Wildman–Crippen MR) is 77.3 cm³/mol. The van der Waals surface area contributed by atoms with Crippen LogP contribution < -0.4 is 0 Å². The van der Waals surface area contributed by atoms with E-state index in [0.29, 0.717) is 23.4 Å². The van der Waals surface area contributed by atoms with E-state index in [1.807, 2.05) is 6.92 Å². The minimum atomic E-state index is -0.869. The summed E-state index contributed by atoms with van der Waals surface area (Å²) >= 11 is 12.0. The lowest BCUT2D eigenvalue weighted by Gasteiger charge is -2.36. The maximum absolute atomic E-state index is 12.5. The van der Waals surface area contributed by atoms with Crippen LogP contribution in [0, 0.1) is 5.92 Å². The summed E-state index contributed by atoms with van der Waals surface area (Å²) < 4.78 is 0. The van der Waals surface area contributed by atoms with Crippen molar-refractivity contribution in [3.8, 4) is 0 Å². The molecule has 20 heavy (non-hydrogen) atoms. The maximum Gasteiger partial charge on any atom is 0.308 e. The van der Waals surface area contributed by atoms with Gasteiger partial charge < -0.3 is 10.0 Å². The van der Waals surface area contributed by atoms with Gasteiger partial charge in [0.1, 0.15) is 0 Å². The highest BCUT2D eigenvalue weighted by Gasteiger charge is 2.33. The Bertz CT molecular complexity index is 547. The number of carboxylic acid groups (broad SMARTS) is 1. The molecule has 2 unspecified atom stereocenters. The van der Waals surface area contributed by atoms with Crippen molar-refractivity contribution < 1.29 is 14.7 Å². The van der Waals surface area contributed by atoms with E-state index in [1.165, 1.54) is 0 Å². The summed E-state index contributed by atoms with van der Waals surface area (Å²) in [6, 6.07) is 4.87. The molecule has 4 nitrogen and oxygen atoms in total. The molecule has 0 radical (unpaired) electrons. The fraction of sp³-hybridized carbons (Fsp3) is 0.429. The smallest absolute Gasteiger partial charge is 0.308 e. The van der Waals surface area contributed by atoms with Crippen LogP contribution in [0.15, 0.2) is 18.2 Å². The van der Waals surface area contributed by atoms with Gasteiger partial charge in [0, 0.05) is 12.6 Å². The lowest BCUT2D eigenvalue weighted by atomic mass is 9.93. The molecule has 0 aromatic heterocycles. The Morgan fingerprint density at radius 3 is 2.65 bits per heavy atom. The van der Waals surface area contributed by atoms with Gasteiger partial charge in [0.25, 0.3) is 5.91 Å². The Morgan fingerprint density at radius 2 is 2.00 bits per heavy atom. The Morgan fingerprint density at radius 1 is 1.30 bits per heavy atom. The maximum atomic E-state index is 12.5. The number of nitrogens with zero attached hydrogens (tertiary/aromatic N) is 1. The summed E-state index contributed by atoms with van der Waals surface area (Å²) in [5.74, 6) is -1.66. The van der Waals surface area contributed by atoms with Crippen molar-refractivity contribution in [2.75, 3.05) is 6.54 Å². The average Bonchev–Trinajstić information content (AvgIpc) is 2.41. The van der Waals surface area contributed by atoms with Gasteiger partial charge in [-0.15, -0.1) is 0 Å². The molecule has 0 saturated carbocycles. The van der Waals surface area contributed by atoms with Gasteiger partial charge in [-0.3, -0.25) is 9.59 Å². The van der Waals surface area contributed by atoms with E-state index in [2.05, 4.69) is 0 Å². The highest BCUT2D eigenvalue weighted by Crippen LogP contribution is 2.29. The molecule has 1 fully saturated rings. The van der Waals surface area contributed by atoms with Crippen molar-refractivity contribution in [1.82, 2.24) is 4.90 Å². The van der Waals surface area contributed by atoms with E-state index < -0.39 is 11.9 Å². The Kier molecular flexibility index (Phi) is 4.55. The molecule has 1 heterocycles.